The first-order valence-corrected chi connectivity index (χ1v) is 7.30. The van der Waals surface area contributed by atoms with Crippen LogP contribution in [0.2, 0.25) is 0 Å². The molecule has 1 N–H and O–H groups in total. The van der Waals surface area contributed by atoms with E-state index in [-0.39, 0.29) is 6.10 Å². The van der Waals surface area contributed by atoms with Crippen molar-refractivity contribution in [2.24, 2.45) is 0 Å². The minimum atomic E-state index is -0.863. The Morgan fingerprint density at radius 2 is 2.05 bits per heavy atom. The lowest BCUT2D eigenvalue weighted by Crippen LogP contribution is -2.54. The summed E-state index contributed by atoms with van der Waals surface area (Å²) in [4.78, 5) is 14.5. The number of carboxylic acid groups (broad SMARTS) is 1. The highest BCUT2D eigenvalue weighted by molar-refractivity contribution is 5.66. The van der Waals surface area contributed by atoms with E-state index >= 15 is 0 Å². The highest BCUT2D eigenvalue weighted by Gasteiger charge is 2.32. The van der Waals surface area contributed by atoms with Crippen molar-refractivity contribution in [3.8, 4) is 0 Å². The number of hydrogen-bond acceptors (Lipinski definition) is 3. The Kier molecular flexibility index (Phi) is 4.10. The third kappa shape index (κ3) is 3.55. The van der Waals surface area contributed by atoms with Crippen LogP contribution in [0.4, 0.5) is 4.79 Å². The predicted octanol–water partition coefficient (Wildman–Crippen LogP) is 2.16. The van der Waals surface area contributed by atoms with Crippen molar-refractivity contribution in [2.75, 3.05) is 26.2 Å². The van der Waals surface area contributed by atoms with Crippen LogP contribution in [-0.4, -0.2) is 53.3 Å². The van der Waals surface area contributed by atoms with Gasteiger partial charge < -0.3 is 14.7 Å². The summed E-state index contributed by atoms with van der Waals surface area (Å²) in [5, 5.41) is 8.81. The summed E-state index contributed by atoms with van der Waals surface area (Å²) in [6, 6.07) is 10.4. The molecule has 2 heterocycles. The minimum absolute atomic E-state index is 0.0176. The van der Waals surface area contributed by atoms with Crippen LogP contribution in [-0.2, 0) is 11.3 Å². The fourth-order valence-corrected chi connectivity index (χ4v) is 2.72. The zero-order valence-electron chi connectivity index (χ0n) is 11.9. The minimum Gasteiger partial charge on any atom is -0.490 e. The van der Waals surface area contributed by atoms with Gasteiger partial charge in [0.25, 0.3) is 0 Å². The van der Waals surface area contributed by atoms with Crippen molar-refractivity contribution in [1.29, 1.82) is 0 Å². The number of rotatable bonds is 4. The normalized spacial score (nSPS) is 19.8. The van der Waals surface area contributed by atoms with Gasteiger partial charge in [-0.05, 0) is 18.1 Å². The van der Waals surface area contributed by atoms with Gasteiger partial charge in [-0.3, -0.25) is 4.90 Å². The van der Waals surface area contributed by atoms with Gasteiger partial charge in [0.05, 0.1) is 19.6 Å². The average Bonchev–Trinajstić information content (AvgIpc) is 2.43. The van der Waals surface area contributed by atoms with Gasteiger partial charge in [0.1, 0.15) is 11.9 Å². The molecular weight excluding hydrogens is 268 g/mol. The van der Waals surface area contributed by atoms with Crippen LogP contribution in [0.3, 0.4) is 0 Å². The third-order valence-corrected chi connectivity index (χ3v) is 3.88. The lowest BCUT2D eigenvalue weighted by molar-refractivity contribution is -0.0203. The Bertz CT molecular complexity index is 524. The Morgan fingerprint density at radius 3 is 2.76 bits per heavy atom. The molecule has 0 aliphatic carbocycles. The van der Waals surface area contributed by atoms with Gasteiger partial charge in [-0.25, -0.2) is 4.79 Å². The number of likely N-dealkylation sites (tertiary alicyclic amines) is 1. The molecule has 0 aromatic heterocycles. The number of nitrogens with zero attached hydrogens (tertiary/aromatic N) is 2. The molecule has 1 saturated heterocycles. The molecule has 1 amide bonds. The van der Waals surface area contributed by atoms with Gasteiger partial charge >= 0.3 is 6.09 Å². The van der Waals surface area contributed by atoms with Gasteiger partial charge in [-0.15, -0.1) is 0 Å². The molecule has 0 spiro atoms. The molecule has 0 saturated carbocycles. The zero-order chi connectivity index (χ0) is 14.7. The Labute approximate surface area is 124 Å². The summed E-state index contributed by atoms with van der Waals surface area (Å²) in [7, 11) is 0. The summed E-state index contributed by atoms with van der Waals surface area (Å²) < 4.78 is 5.89. The van der Waals surface area contributed by atoms with Crippen LogP contribution in [0.25, 0.3) is 0 Å². The average molecular weight is 288 g/mol. The Hall–Kier alpha value is -2.01. The fourth-order valence-electron chi connectivity index (χ4n) is 2.72. The van der Waals surface area contributed by atoms with Crippen molar-refractivity contribution in [3.63, 3.8) is 0 Å². The van der Waals surface area contributed by atoms with Crippen LogP contribution in [0.5, 0.6) is 0 Å². The van der Waals surface area contributed by atoms with Crippen molar-refractivity contribution in [1.82, 2.24) is 9.80 Å². The first kappa shape index (κ1) is 13.9. The quantitative estimate of drug-likeness (QED) is 0.922. The van der Waals surface area contributed by atoms with Crippen molar-refractivity contribution >= 4 is 6.09 Å². The lowest BCUT2D eigenvalue weighted by atomic mass is 10.1. The second-order valence-corrected chi connectivity index (χ2v) is 5.58. The molecule has 1 fully saturated rings. The molecule has 5 nitrogen and oxygen atoms in total. The Morgan fingerprint density at radius 1 is 1.29 bits per heavy atom. The third-order valence-electron chi connectivity index (χ3n) is 3.88. The van der Waals surface area contributed by atoms with E-state index in [2.05, 4.69) is 35.2 Å². The van der Waals surface area contributed by atoms with E-state index in [4.69, 9.17) is 9.84 Å². The second-order valence-electron chi connectivity index (χ2n) is 5.58. The summed E-state index contributed by atoms with van der Waals surface area (Å²) >= 11 is 0. The predicted molar refractivity (Wildman–Crippen MR) is 78.9 cm³/mol. The van der Waals surface area contributed by atoms with Crippen LogP contribution < -0.4 is 0 Å². The van der Waals surface area contributed by atoms with E-state index in [9.17, 15) is 4.79 Å². The number of benzene rings is 1. The maximum Gasteiger partial charge on any atom is 0.407 e. The Balaban J connectivity index is 1.48. The molecule has 3 rings (SSSR count). The smallest absolute Gasteiger partial charge is 0.407 e. The van der Waals surface area contributed by atoms with Crippen molar-refractivity contribution in [2.45, 2.75) is 19.1 Å². The number of carbonyl (C=O) groups is 1. The van der Waals surface area contributed by atoms with E-state index in [0.717, 1.165) is 31.8 Å². The van der Waals surface area contributed by atoms with Gasteiger partial charge in [-0.2, -0.15) is 0 Å². The monoisotopic (exact) mass is 288 g/mol. The summed E-state index contributed by atoms with van der Waals surface area (Å²) in [6.07, 6.45) is 2.27. The van der Waals surface area contributed by atoms with Crippen molar-refractivity contribution < 1.29 is 14.6 Å². The topological polar surface area (TPSA) is 53.0 Å². The van der Waals surface area contributed by atoms with Crippen LogP contribution in [0.1, 0.15) is 12.0 Å². The van der Waals surface area contributed by atoms with Crippen LogP contribution >= 0.6 is 0 Å². The fraction of sp³-hybridized carbons (Fsp3) is 0.438. The molecule has 2 aliphatic heterocycles. The van der Waals surface area contributed by atoms with Crippen molar-refractivity contribution in [3.05, 3.63) is 47.7 Å². The van der Waals surface area contributed by atoms with E-state index in [1.165, 1.54) is 10.5 Å². The van der Waals surface area contributed by atoms with Gasteiger partial charge in [0.15, 0.2) is 0 Å². The molecule has 21 heavy (non-hydrogen) atoms. The molecule has 1 aromatic carbocycles. The van der Waals surface area contributed by atoms with Gasteiger partial charge in [0.2, 0.25) is 0 Å². The van der Waals surface area contributed by atoms with Crippen LogP contribution in [0, 0.1) is 0 Å². The highest BCUT2D eigenvalue weighted by Crippen LogP contribution is 2.20. The second kappa shape index (κ2) is 6.18. The summed E-state index contributed by atoms with van der Waals surface area (Å²) in [6.45, 7) is 3.72. The largest absolute Gasteiger partial charge is 0.490 e. The molecular formula is C16H20N2O3. The summed E-state index contributed by atoms with van der Waals surface area (Å²) in [5.41, 5.74) is 1.31. The molecule has 0 unspecified atom stereocenters. The van der Waals surface area contributed by atoms with Crippen LogP contribution in [0.15, 0.2) is 42.2 Å². The number of hydrogen-bond donors (Lipinski definition) is 1. The van der Waals surface area contributed by atoms with E-state index in [0.29, 0.717) is 13.1 Å². The molecule has 0 bridgehead atoms. The maximum atomic E-state index is 10.7. The standard InChI is InChI=1S/C16H20N2O3/c19-16(20)18-11-15(12-18)21-14-7-4-8-17(10-14)9-13-5-2-1-3-6-13/h1-3,5-7,15H,4,8-12H2,(H,19,20). The van der Waals surface area contributed by atoms with Gasteiger partial charge in [-0.1, -0.05) is 30.3 Å². The molecule has 0 atom stereocenters. The molecule has 1 aromatic rings. The van der Waals surface area contributed by atoms with Gasteiger partial charge in [0, 0.05) is 13.1 Å². The number of amides is 1. The molecule has 5 heteroatoms. The highest BCUT2D eigenvalue weighted by atomic mass is 16.5. The molecule has 112 valence electrons. The zero-order valence-corrected chi connectivity index (χ0v) is 11.9. The maximum absolute atomic E-state index is 10.7. The summed E-state index contributed by atoms with van der Waals surface area (Å²) in [5.74, 6) is 0.979. The first-order chi connectivity index (χ1) is 10.2. The molecule has 0 radical (unpaired) electrons. The first-order valence-electron chi connectivity index (χ1n) is 7.30. The van der Waals surface area contributed by atoms with E-state index in [1.807, 2.05) is 6.07 Å². The van der Waals surface area contributed by atoms with E-state index < -0.39 is 6.09 Å². The molecule has 2 aliphatic rings. The SMILES string of the molecule is O=C(O)N1CC(OC2=CCCN(Cc3ccccc3)C2)C1. The number of ether oxygens (including phenoxy) is 1. The van der Waals surface area contributed by atoms with E-state index in [1.54, 1.807) is 0 Å². The lowest BCUT2D eigenvalue weighted by Gasteiger charge is -2.38.